The van der Waals surface area contributed by atoms with Gasteiger partial charge in [-0.3, -0.25) is 9.59 Å². The van der Waals surface area contributed by atoms with Gasteiger partial charge in [-0.25, -0.2) is 0 Å². The van der Waals surface area contributed by atoms with Crippen molar-refractivity contribution in [1.82, 2.24) is 4.90 Å². The number of hydrogen-bond donors (Lipinski definition) is 1. The van der Waals surface area contributed by atoms with Crippen LogP contribution in [0.2, 0.25) is 0 Å². The predicted octanol–water partition coefficient (Wildman–Crippen LogP) is 2.15. The minimum absolute atomic E-state index is 0.0300. The van der Waals surface area contributed by atoms with Gasteiger partial charge in [0.1, 0.15) is 5.75 Å². The number of benzene rings is 1. The summed E-state index contributed by atoms with van der Waals surface area (Å²) in [6.45, 7) is -2.31. The third-order valence-corrected chi connectivity index (χ3v) is 3.65. The van der Waals surface area contributed by atoms with E-state index in [0.717, 1.165) is 0 Å². The quantitative estimate of drug-likeness (QED) is 0.904. The van der Waals surface area contributed by atoms with Crippen LogP contribution >= 0.6 is 0 Å². The number of piperidine rings is 1. The van der Waals surface area contributed by atoms with Crippen LogP contribution in [0.15, 0.2) is 24.3 Å². The van der Waals surface area contributed by atoms with E-state index in [1.165, 1.54) is 11.0 Å². The second-order valence-electron chi connectivity index (χ2n) is 5.18. The molecule has 0 saturated carbocycles. The number of nitrogens with zero attached hydrogens (tertiary/aromatic N) is 1. The summed E-state index contributed by atoms with van der Waals surface area (Å²) in [4.78, 5) is 24.8. The lowest BCUT2D eigenvalue weighted by Gasteiger charge is -2.31. The van der Waals surface area contributed by atoms with E-state index in [-0.39, 0.29) is 24.6 Å². The third kappa shape index (κ3) is 4.16. The van der Waals surface area contributed by atoms with Crippen molar-refractivity contribution in [3.05, 3.63) is 29.8 Å². The first-order valence-corrected chi connectivity index (χ1v) is 7.00. The largest absolute Gasteiger partial charge is 0.481 e. The summed E-state index contributed by atoms with van der Waals surface area (Å²) in [6, 6.07) is 6.11. The Morgan fingerprint density at radius 1 is 1.36 bits per heavy atom. The maximum absolute atomic E-state index is 12.3. The SMILES string of the molecule is O=C(O)C1CCCN(C(=O)Cc2ccccc2OC(F)F)C1. The van der Waals surface area contributed by atoms with Crippen LogP contribution in [-0.4, -0.2) is 41.6 Å². The van der Waals surface area contributed by atoms with E-state index in [1.807, 2.05) is 0 Å². The Morgan fingerprint density at radius 2 is 2.09 bits per heavy atom. The number of hydrogen-bond acceptors (Lipinski definition) is 3. The van der Waals surface area contributed by atoms with Crippen LogP contribution in [-0.2, 0) is 16.0 Å². The van der Waals surface area contributed by atoms with Crippen LogP contribution in [0.1, 0.15) is 18.4 Å². The summed E-state index contributed by atoms with van der Waals surface area (Å²) >= 11 is 0. The summed E-state index contributed by atoms with van der Waals surface area (Å²) in [6.07, 6.45) is 1.08. The lowest BCUT2D eigenvalue weighted by atomic mass is 9.97. The molecule has 1 aromatic carbocycles. The lowest BCUT2D eigenvalue weighted by Crippen LogP contribution is -2.43. The van der Waals surface area contributed by atoms with Crippen molar-refractivity contribution in [2.45, 2.75) is 25.9 Å². The van der Waals surface area contributed by atoms with Crippen LogP contribution in [0.5, 0.6) is 5.75 Å². The third-order valence-electron chi connectivity index (χ3n) is 3.65. The summed E-state index contributed by atoms with van der Waals surface area (Å²) < 4.78 is 29.1. The molecule has 1 unspecified atom stereocenters. The molecule has 0 bridgehead atoms. The number of ether oxygens (including phenoxy) is 1. The highest BCUT2D eigenvalue weighted by Gasteiger charge is 2.28. The zero-order valence-corrected chi connectivity index (χ0v) is 11.9. The number of carbonyl (C=O) groups is 2. The van der Waals surface area contributed by atoms with Crippen molar-refractivity contribution in [2.75, 3.05) is 13.1 Å². The number of halogens is 2. The van der Waals surface area contributed by atoms with Gasteiger partial charge in [0, 0.05) is 18.7 Å². The van der Waals surface area contributed by atoms with Gasteiger partial charge in [-0.2, -0.15) is 8.78 Å². The van der Waals surface area contributed by atoms with Crippen LogP contribution in [0.3, 0.4) is 0 Å². The van der Waals surface area contributed by atoms with Crippen molar-refractivity contribution in [3.63, 3.8) is 0 Å². The molecule has 0 spiro atoms. The van der Waals surface area contributed by atoms with Crippen molar-refractivity contribution in [2.24, 2.45) is 5.92 Å². The second kappa shape index (κ2) is 7.20. The van der Waals surface area contributed by atoms with E-state index in [2.05, 4.69) is 4.74 Å². The molecule has 0 aromatic heterocycles. The lowest BCUT2D eigenvalue weighted by molar-refractivity contribution is -0.145. The molecule has 0 radical (unpaired) electrons. The fourth-order valence-corrected chi connectivity index (χ4v) is 2.54. The van der Waals surface area contributed by atoms with E-state index >= 15 is 0 Å². The Labute approximate surface area is 126 Å². The summed E-state index contributed by atoms with van der Waals surface area (Å²) in [5.74, 6) is -1.79. The summed E-state index contributed by atoms with van der Waals surface area (Å²) in [5.41, 5.74) is 0.366. The zero-order chi connectivity index (χ0) is 16.1. The molecular weight excluding hydrogens is 296 g/mol. The van der Waals surface area contributed by atoms with E-state index in [0.29, 0.717) is 24.9 Å². The molecule has 1 atom stereocenters. The highest BCUT2D eigenvalue weighted by molar-refractivity contribution is 5.80. The first-order valence-electron chi connectivity index (χ1n) is 7.00. The average Bonchev–Trinajstić information content (AvgIpc) is 2.49. The number of alkyl halides is 2. The number of likely N-dealkylation sites (tertiary alicyclic amines) is 1. The number of carboxylic acids is 1. The van der Waals surface area contributed by atoms with Crippen molar-refractivity contribution < 1.29 is 28.2 Å². The molecule has 1 heterocycles. The zero-order valence-electron chi connectivity index (χ0n) is 11.9. The maximum atomic E-state index is 12.3. The second-order valence-corrected chi connectivity index (χ2v) is 5.18. The number of para-hydroxylation sites is 1. The van der Waals surface area contributed by atoms with Gasteiger partial charge in [0.25, 0.3) is 0 Å². The number of aliphatic carboxylic acids is 1. The van der Waals surface area contributed by atoms with Crippen molar-refractivity contribution in [3.8, 4) is 5.75 Å². The fourth-order valence-electron chi connectivity index (χ4n) is 2.54. The smallest absolute Gasteiger partial charge is 0.387 e. The molecule has 2 rings (SSSR count). The Bertz CT molecular complexity index is 550. The van der Waals surface area contributed by atoms with Crippen molar-refractivity contribution in [1.29, 1.82) is 0 Å². The van der Waals surface area contributed by atoms with Crippen LogP contribution in [0.25, 0.3) is 0 Å². The van der Waals surface area contributed by atoms with Gasteiger partial charge in [0.2, 0.25) is 5.91 Å². The van der Waals surface area contributed by atoms with Gasteiger partial charge in [-0.1, -0.05) is 18.2 Å². The molecule has 5 nitrogen and oxygen atoms in total. The highest BCUT2D eigenvalue weighted by Crippen LogP contribution is 2.23. The van der Waals surface area contributed by atoms with Crippen LogP contribution < -0.4 is 4.74 Å². The van der Waals surface area contributed by atoms with Gasteiger partial charge in [0.15, 0.2) is 0 Å². The average molecular weight is 313 g/mol. The Kier molecular flexibility index (Phi) is 5.30. The molecule has 120 valence electrons. The van der Waals surface area contributed by atoms with E-state index in [4.69, 9.17) is 5.11 Å². The normalized spacial score (nSPS) is 18.3. The van der Waals surface area contributed by atoms with Crippen molar-refractivity contribution >= 4 is 11.9 Å². The molecule has 1 aliphatic rings. The van der Waals surface area contributed by atoms with Gasteiger partial charge < -0.3 is 14.7 Å². The molecule has 1 amide bonds. The Hall–Kier alpha value is -2.18. The van der Waals surface area contributed by atoms with Crippen LogP contribution in [0, 0.1) is 5.92 Å². The van der Waals surface area contributed by atoms with Gasteiger partial charge in [0.05, 0.1) is 12.3 Å². The molecule has 7 heteroatoms. The van der Waals surface area contributed by atoms with Gasteiger partial charge in [-0.15, -0.1) is 0 Å². The molecule has 0 aliphatic carbocycles. The number of carboxylic acid groups (broad SMARTS) is 1. The predicted molar refractivity (Wildman–Crippen MR) is 73.7 cm³/mol. The molecular formula is C15H17F2NO4. The van der Waals surface area contributed by atoms with Crippen LogP contribution in [0.4, 0.5) is 8.78 Å². The first kappa shape index (κ1) is 16.2. The Morgan fingerprint density at radius 3 is 2.77 bits per heavy atom. The Balaban J connectivity index is 2.04. The summed E-state index contributed by atoms with van der Waals surface area (Å²) in [7, 11) is 0. The molecule has 1 saturated heterocycles. The topological polar surface area (TPSA) is 66.8 Å². The standard InChI is InChI=1S/C15H17F2NO4/c16-15(17)22-12-6-2-1-4-10(12)8-13(19)18-7-3-5-11(9-18)14(20)21/h1-2,4,6,11,15H,3,5,7-9H2,(H,20,21). The maximum Gasteiger partial charge on any atom is 0.387 e. The van der Waals surface area contributed by atoms with E-state index in [1.54, 1.807) is 18.2 Å². The van der Waals surface area contributed by atoms with Gasteiger partial charge in [-0.05, 0) is 18.9 Å². The fraction of sp³-hybridized carbons (Fsp3) is 0.467. The highest BCUT2D eigenvalue weighted by atomic mass is 19.3. The van der Waals surface area contributed by atoms with E-state index in [9.17, 15) is 18.4 Å². The van der Waals surface area contributed by atoms with Gasteiger partial charge >= 0.3 is 12.6 Å². The molecule has 1 aromatic rings. The summed E-state index contributed by atoms with van der Waals surface area (Å²) in [5, 5.41) is 9.03. The molecule has 1 N–H and O–H groups in total. The van der Waals surface area contributed by atoms with E-state index < -0.39 is 18.5 Å². The number of amides is 1. The molecule has 22 heavy (non-hydrogen) atoms. The minimum atomic E-state index is -2.96. The first-order chi connectivity index (χ1) is 10.5. The number of carbonyl (C=O) groups excluding carboxylic acids is 1. The minimum Gasteiger partial charge on any atom is -0.481 e. The molecule has 1 aliphatic heterocycles. The monoisotopic (exact) mass is 313 g/mol. The number of rotatable bonds is 5. The molecule has 1 fully saturated rings.